The molecular weight excluding hydrogens is 376 g/mol. The van der Waals surface area contributed by atoms with Gasteiger partial charge in [-0.2, -0.15) is 0 Å². The molecule has 1 aliphatic carbocycles. The Bertz CT molecular complexity index is 802. The second kappa shape index (κ2) is 9.22. The molecule has 7 heteroatoms. The van der Waals surface area contributed by atoms with Gasteiger partial charge >= 0.3 is 17.9 Å². The maximum absolute atomic E-state index is 12.4. The molecule has 0 spiro atoms. The zero-order valence-electron chi connectivity index (χ0n) is 17.4. The molecule has 158 valence electrons. The van der Waals surface area contributed by atoms with Gasteiger partial charge in [-0.25, -0.2) is 9.59 Å². The molecule has 0 radical (unpaired) electrons. The zero-order valence-corrected chi connectivity index (χ0v) is 17.4. The molecule has 1 fully saturated rings. The summed E-state index contributed by atoms with van der Waals surface area (Å²) in [6, 6.07) is 0. The summed E-state index contributed by atoms with van der Waals surface area (Å²) in [6.45, 7) is 11.9. The number of hydrogen-bond donors (Lipinski definition) is 1. The molecule has 7 nitrogen and oxygen atoms in total. The highest BCUT2D eigenvalue weighted by Gasteiger charge is 2.44. The van der Waals surface area contributed by atoms with Gasteiger partial charge in [0.05, 0.1) is 12.0 Å². The van der Waals surface area contributed by atoms with Crippen molar-refractivity contribution < 1.29 is 33.7 Å². The Balaban J connectivity index is 2.52. The van der Waals surface area contributed by atoms with Crippen molar-refractivity contribution in [3.05, 3.63) is 47.1 Å². The second-order valence-corrected chi connectivity index (χ2v) is 7.43. The van der Waals surface area contributed by atoms with Crippen LogP contribution in [0.4, 0.5) is 0 Å². The van der Waals surface area contributed by atoms with Crippen LogP contribution in [0.25, 0.3) is 0 Å². The van der Waals surface area contributed by atoms with Gasteiger partial charge in [-0.3, -0.25) is 4.79 Å². The molecule has 1 saturated heterocycles. The molecule has 1 heterocycles. The Labute approximate surface area is 170 Å². The van der Waals surface area contributed by atoms with E-state index in [1.807, 2.05) is 0 Å². The van der Waals surface area contributed by atoms with Crippen LogP contribution < -0.4 is 0 Å². The van der Waals surface area contributed by atoms with Gasteiger partial charge in [0.2, 0.25) is 0 Å². The van der Waals surface area contributed by atoms with Crippen LogP contribution in [0.1, 0.15) is 41.0 Å². The summed E-state index contributed by atoms with van der Waals surface area (Å²) >= 11 is 0. The smallest absolute Gasteiger partial charge is 0.334 e. The number of fused-ring (bicyclic) bond motifs is 1. The van der Waals surface area contributed by atoms with E-state index in [1.165, 1.54) is 6.92 Å². The predicted octanol–water partition coefficient (Wildman–Crippen LogP) is 2.55. The van der Waals surface area contributed by atoms with Crippen molar-refractivity contribution in [2.75, 3.05) is 0 Å². The van der Waals surface area contributed by atoms with E-state index in [-0.39, 0.29) is 12.0 Å². The first-order chi connectivity index (χ1) is 13.5. The van der Waals surface area contributed by atoms with Crippen LogP contribution in [-0.4, -0.2) is 47.4 Å². The molecule has 0 aromatic carbocycles. The maximum Gasteiger partial charge on any atom is 0.334 e. The van der Waals surface area contributed by atoms with Crippen LogP contribution in [0.3, 0.4) is 0 Å². The van der Waals surface area contributed by atoms with Gasteiger partial charge in [-0.05, 0) is 51.0 Å². The summed E-state index contributed by atoms with van der Waals surface area (Å²) in [4.78, 5) is 36.1. The largest absolute Gasteiger partial charge is 0.458 e. The Kier molecular flexibility index (Phi) is 7.19. The number of ether oxygens (including phenoxy) is 3. The van der Waals surface area contributed by atoms with Crippen molar-refractivity contribution in [2.45, 2.75) is 65.5 Å². The Hall–Kier alpha value is -2.67. The average molecular weight is 404 g/mol. The number of hydrogen-bond acceptors (Lipinski definition) is 7. The first-order valence-electron chi connectivity index (χ1n) is 9.50. The number of carbonyl (C=O) groups is 3. The highest BCUT2D eigenvalue weighted by molar-refractivity contribution is 5.92. The van der Waals surface area contributed by atoms with Crippen molar-refractivity contribution >= 4 is 17.9 Å². The van der Waals surface area contributed by atoms with Gasteiger partial charge in [-0.1, -0.05) is 12.7 Å². The zero-order chi connectivity index (χ0) is 21.9. The maximum atomic E-state index is 12.4. The van der Waals surface area contributed by atoms with Gasteiger partial charge in [-0.15, -0.1) is 0 Å². The fourth-order valence-electron chi connectivity index (χ4n) is 3.33. The third-order valence-corrected chi connectivity index (χ3v) is 5.25. The molecule has 29 heavy (non-hydrogen) atoms. The molecule has 0 saturated carbocycles. The molecule has 5 atom stereocenters. The number of aliphatic hydroxyl groups excluding tert-OH is 1. The van der Waals surface area contributed by atoms with Crippen LogP contribution in [0, 0.1) is 5.92 Å². The summed E-state index contributed by atoms with van der Waals surface area (Å²) < 4.78 is 16.4. The minimum atomic E-state index is -0.936. The molecule has 0 amide bonds. The van der Waals surface area contributed by atoms with Crippen LogP contribution >= 0.6 is 0 Å². The third-order valence-electron chi connectivity index (χ3n) is 5.25. The lowest BCUT2D eigenvalue weighted by Crippen LogP contribution is -2.34. The summed E-state index contributed by atoms with van der Waals surface area (Å²) in [5, 5.41) is 10.6. The van der Waals surface area contributed by atoms with Crippen molar-refractivity contribution in [3.8, 4) is 0 Å². The van der Waals surface area contributed by atoms with E-state index in [4.69, 9.17) is 14.2 Å². The highest BCUT2D eigenvalue weighted by Crippen LogP contribution is 2.36. The van der Waals surface area contributed by atoms with Gasteiger partial charge in [0.25, 0.3) is 0 Å². The van der Waals surface area contributed by atoms with Gasteiger partial charge in [0.1, 0.15) is 18.3 Å². The van der Waals surface area contributed by atoms with E-state index in [1.54, 1.807) is 45.9 Å². The molecule has 1 N–H and O–H groups in total. The van der Waals surface area contributed by atoms with Crippen molar-refractivity contribution in [1.82, 2.24) is 0 Å². The lowest BCUT2D eigenvalue weighted by Gasteiger charge is -2.29. The van der Waals surface area contributed by atoms with Crippen LogP contribution in [0.2, 0.25) is 0 Å². The molecule has 0 unspecified atom stereocenters. The molecule has 0 aromatic rings. The van der Waals surface area contributed by atoms with E-state index >= 15 is 0 Å². The third kappa shape index (κ3) is 5.23. The molecular formula is C22H28O7. The fraction of sp³-hybridized carbons (Fsp3) is 0.500. The first kappa shape index (κ1) is 22.6. The van der Waals surface area contributed by atoms with E-state index in [0.717, 1.165) is 0 Å². The summed E-state index contributed by atoms with van der Waals surface area (Å²) in [5.74, 6) is -2.25. The second-order valence-electron chi connectivity index (χ2n) is 7.43. The van der Waals surface area contributed by atoms with Crippen molar-refractivity contribution in [1.29, 1.82) is 0 Å². The molecule has 2 aliphatic rings. The lowest BCUT2D eigenvalue weighted by atomic mass is 9.85. The fourth-order valence-corrected chi connectivity index (χ4v) is 3.33. The number of rotatable bonds is 3. The first-order valence-corrected chi connectivity index (χ1v) is 9.50. The molecule has 1 aliphatic heterocycles. The van der Waals surface area contributed by atoms with Gasteiger partial charge in [0.15, 0.2) is 0 Å². The summed E-state index contributed by atoms with van der Waals surface area (Å²) in [7, 11) is 0. The highest BCUT2D eigenvalue weighted by atomic mass is 16.6. The topological polar surface area (TPSA) is 99.1 Å². The Morgan fingerprint density at radius 2 is 1.86 bits per heavy atom. The van der Waals surface area contributed by atoms with Crippen LogP contribution in [-0.2, 0) is 28.6 Å². The molecule has 2 rings (SSSR count). The number of carbonyl (C=O) groups excluding carboxylic acids is 3. The molecule has 0 bridgehead atoms. The van der Waals surface area contributed by atoms with Crippen molar-refractivity contribution in [2.24, 2.45) is 5.92 Å². The van der Waals surface area contributed by atoms with E-state index in [9.17, 15) is 19.5 Å². The molecule has 0 aromatic heterocycles. The Morgan fingerprint density at radius 1 is 1.21 bits per heavy atom. The summed E-state index contributed by atoms with van der Waals surface area (Å²) in [5.41, 5.74) is 1.75. The lowest BCUT2D eigenvalue weighted by molar-refractivity contribution is -0.147. The Morgan fingerprint density at radius 3 is 2.45 bits per heavy atom. The van der Waals surface area contributed by atoms with Crippen LogP contribution in [0.15, 0.2) is 47.1 Å². The van der Waals surface area contributed by atoms with Gasteiger partial charge < -0.3 is 19.3 Å². The minimum absolute atomic E-state index is 0.130. The normalized spacial score (nSPS) is 34.1. The monoisotopic (exact) mass is 404 g/mol. The van der Waals surface area contributed by atoms with E-state index < -0.39 is 48.2 Å². The number of esters is 3. The standard InChI is InChI=1S/C22H28O7/c1-7-11(2)21(25)28-18-8-12(3)16(24)10-17(27-15(6)23)13(4)9-19-20(18)14(5)22(26)29-19/h7-9,16-20,24H,5,10H2,1-4,6H3/b11-7-,12-8-,13-9-/t16-,17+,18+,19-,20-/m1/s1. The number of aliphatic hydroxyl groups is 1. The predicted molar refractivity (Wildman–Crippen MR) is 106 cm³/mol. The number of allylic oxidation sites excluding steroid dienone is 1. The van der Waals surface area contributed by atoms with E-state index in [2.05, 4.69) is 6.58 Å². The van der Waals surface area contributed by atoms with Crippen molar-refractivity contribution in [3.63, 3.8) is 0 Å². The quantitative estimate of drug-likeness (QED) is 0.334. The van der Waals surface area contributed by atoms with E-state index in [0.29, 0.717) is 16.7 Å². The minimum Gasteiger partial charge on any atom is -0.458 e. The van der Waals surface area contributed by atoms with Crippen LogP contribution in [0.5, 0.6) is 0 Å². The van der Waals surface area contributed by atoms with Gasteiger partial charge in [0, 0.05) is 24.5 Å². The summed E-state index contributed by atoms with van der Waals surface area (Å²) in [6.07, 6.45) is 1.82. The SMILES string of the molecule is C=C1C(=O)O[C@@H]2/C=C(/C)[C@@H](OC(C)=O)C[C@@H](O)/C(C)=C\[C@H](OC(=O)/C(C)=C\C)[C@@H]12. The average Bonchev–Trinajstić information content (AvgIpc) is 2.92.